The van der Waals surface area contributed by atoms with Crippen molar-refractivity contribution in [3.8, 4) is 0 Å². The average molecular weight is 265 g/mol. The third kappa shape index (κ3) is 5.41. The van der Waals surface area contributed by atoms with Crippen LogP contribution in [0.25, 0.3) is 0 Å². The second kappa shape index (κ2) is 8.67. The standard InChI is InChI=1S/C15H23NO3/c1-13(14-7-5-4-6-8-14)16(11-12-18-2)10-9-15(17)19-3/h4-8,13H,9-12H2,1-3H3. The number of carbonyl (C=O) groups excluding carboxylic acids is 1. The number of rotatable bonds is 8. The van der Waals surface area contributed by atoms with Gasteiger partial charge < -0.3 is 9.47 Å². The molecule has 0 aliphatic heterocycles. The van der Waals surface area contributed by atoms with Crippen molar-refractivity contribution >= 4 is 5.97 Å². The van der Waals surface area contributed by atoms with E-state index in [2.05, 4.69) is 24.0 Å². The Balaban J connectivity index is 2.64. The van der Waals surface area contributed by atoms with Crippen LogP contribution >= 0.6 is 0 Å². The van der Waals surface area contributed by atoms with Gasteiger partial charge in [-0.1, -0.05) is 30.3 Å². The van der Waals surface area contributed by atoms with Crippen LogP contribution in [0.1, 0.15) is 24.9 Å². The summed E-state index contributed by atoms with van der Waals surface area (Å²) in [7, 11) is 3.11. The fourth-order valence-corrected chi connectivity index (χ4v) is 1.99. The second-order valence-electron chi connectivity index (χ2n) is 4.44. The molecule has 0 fully saturated rings. The van der Waals surface area contributed by atoms with Crippen LogP contribution in [0.4, 0.5) is 0 Å². The summed E-state index contributed by atoms with van der Waals surface area (Å²) in [5.41, 5.74) is 1.24. The summed E-state index contributed by atoms with van der Waals surface area (Å²) in [6.45, 7) is 4.26. The maximum absolute atomic E-state index is 11.3. The lowest BCUT2D eigenvalue weighted by molar-refractivity contribution is -0.141. The van der Waals surface area contributed by atoms with E-state index in [1.54, 1.807) is 7.11 Å². The molecule has 0 saturated carbocycles. The third-order valence-corrected chi connectivity index (χ3v) is 3.24. The van der Waals surface area contributed by atoms with Gasteiger partial charge in [-0.05, 0) is 12.5 Å². The number of methoxy groups -OCH3 is 2. The molecule has 0 saturated heterocycles. The van der Waals surface area contributed by atoms with Gasteiger partial charge in [0.2, 0.25) is 0 Å². The lowest BCUT2D eigenvalue weighted by atomic mass is 10.1. The van der Waals surface area contributed by atoms with Gasteiger partial charge in [0.15, 0.2) is 0 Å². The first kappa shape index (κ1) is 15.7. The average Bonchev–Trinajstić information content (AvgIpc) is 2.47. The van der Waals surface area contributed by atoms with Crippen molar-refractivity contribution in [1.82, 2.24) is 4.90 Å². The van der Waals surface area contributed by atoms with Gasteiger partial charge in [0.1, 0.15) is 0 Å². The highest BCUT2D eigenvalue weighted by molar-refractivity contribution is 5.69. The number of hydrogen-bond acceptors (Lipinski definition) is 4. The van der Waals surface area contributed by atoms with Crippen molar-refractivity contribution in [2.24, 2.45) is 0 Å². The van der Waals surface area contributed by atoms with Gasteiger partial charge in [-0.2, -0.15) is 0 Å². The molecule has 106 valence electrons. The molecule has 19 heavy (non-hydrogen) atoms. The maximum Gasteiger partial charge on any atom is 0.306 e. The van der Waals surface area contributed by atoms with E-state index in [1.807, 2.05) is 18.2 Å². The van der Waals surface area contributed by atoms with Crippen LogP contribution < -0.4 is 0 Å². The molecule has 4 heteroatoms. The first-order chi connectivity index (χ1) is 9.19. The molecule has 0 aliphatic carbocycles. The van der Waals surface area contributed by atoms with E-state index in [-0.39, 0.29) is 12.0 Å². The molecular weight excluding hydrogens is 242 g/mol. The quantitative estimate of drug-likeness (QED) is 0.676. The van der Waals surface area contributed by atoms with E-state index < -0.39 is 0 Å². The molecule has 1 aromatic carbocycles. The molecule has 4 nitrogen and oxygen atoms in total. The number of ether oxygens (including phenoxy) is 2. The molecule has 0 N–H and O–H groups in total. The SMILES string of the molecule is COCCN(CCC(=O)OC)C(C)c1ccccc1. The summed E-state index contributed by atoms with van der Waals surface area (Å²) in [5.74, 6) is -0.178. The van der Waals surface area contributed by atoms with Crippen LogP contribution in [0.2, 0.25) is 0 Å². The van der Waals surface area contributed by atoms with Gasteiger partial charge in [-0.15, -0.1) is 0 Å². The molecule has 0 heterocycles. The summed E-state index contributed by atoms with van der Waals surface area (Å²) in [6.07, 6.45) is 0.400. The Labute approximate surface area is 115 Å². The van der Waals surface area contributed by atoms with Gasteiger partial charge in [0, 0.05) is 26.2 Å². The Bertz CT molecular complexity index is 367. The largest absolute Gasteiger partial charge is 0.469 e. The number of hydrogen-bond donors (Lipinski definition) is 0. The van der Waals surface area contributed by atoms with Crippen molar-refractivity contribution in [3.63, 3.8) is 0 Å². The number of benzene rings is 1. The van der Waals surface area contributed by atoms with Gasteiger partial charge in [-0.3, -0.25) is 9.69 Å². The smallest absolute Gasteiger partial charge is 0.306 e. The summed E-state index contributed by atoms with van der Waals surface area (Å²) >= 11 is 0. The summed E-state index contributed by atoms with van der Waals surface area (Å²) < 4.78 is 9.83. The number of esters is 1. The molecule has 0 spiro atoms. The summed E-state index contributed by atoms with van der Waals surface area (Å²) in [5, 5.41) is 0. The molecule has 0 aromatic heterocycles. The molecule has 0 radical (unpaired) electrons. The Kier molecular flexibility index (Phi) is 7.15. The molecule has 1 rings (SSSR count). The highest BCUT2D eigenvalue weighted by atomic mass is 16.5. The molecule has 0 aliphatic rings. The van der Waals surface area contributed by atoms with Crippen LogP contribution in [-0.2, 0) is 14.3 Å². The topological polar surface area (TPSA) is 38.8 Å². The van der Waals surface area contributed by atoms with Gasteiger partial charge in [-0.25, -0.2) is 0 Å². The predicted molar refractivity (Wildman–Crippen MR) is 74.9 cm³/mol. The summed E-state index contributed by atoms with van der Waals surface area (Å²) in [4.78, 5) is 13.5. The zero-order valence-corrected chi connectivity index (χ0v) is 12.0. The Morgan fingerprint density at radius 2 is 1.89 bits per heavy atom. The lowest BCUT2D eigenvalue weighted by Gasteiger charge is -2.28. The van der Waals surface area contributed by atoms with Crippen molar-refractivity contribution in [2.45, 2.75) is 19.4 Å². The van der Waals surface area contributed by atoms with E-state index in [1.165, 1.54) is 12.7 Å². The molecule has 0 bridgehead atoms. The summed E-state index contributed by atoms with van der Waals surface area (Å²) in [6, 6.07) is 10.5. The zero-order valence-electron chi connectivity index (χ0n) is 12.0. The van der Waals surface area contributed by atoms with Crippen LogP contribution in [-0.4, -0.2) is 44.8 Å². The first-order valence-corrected chi connectivity index (χ1v) is 6.53. The van der Waals surface area contributed by atoms with Gasteiger partial charge in [0.25, 0.3) is 0 Å². The van der Waals surface area contributed by atoms with Crippen molar-refractivity contribution in [1.29, 1.82) is 0 Å². The van der Waals surface area contributed by atoms with E-state index in [0.717, 1.165) is 6.54 Å². The second-order valence-corrected chi connectivity index (χ2v) is 4.44. The Morgan fingerprint density at radius 1 is 1.21 bits per heavy atom. The molecular formula is C15H23NO3. The minimum atomic E-state index is -0.178. The molecule has 0 amide bonds. The molecule has 1 atom stereocenters. The highest BCUT2D eigenvalue weighted by Gasteiger charge is 2.16. The van der Waals surface area contributed by atoms with E-state index in [4.69, 9.17) is 9.47 Å². The van der Waals surface area contributed by atoms with Crippen LogP contribution in [0.15, 0.2) is 30.3 Å². The van der Waals surface area contributed by atoms with Gasteiger partial charge in [0.05, 0.1) is 20.1 Å². The van der Waals surface area contributed by atoms with Crippen LogP contribution in [0.3, 0.4) is 0 Å². The van der Waals surface area contributed by atoms with Crippen LogP contribution in [0, 0.1) is 0 Å². The first-order valence-electron chi connectivity index (χ1n) is 6.53. The van der Waals surface area contributed by atoms with Gasteiger partial charge >= 0.3 is 5.97 Å². The van der Waals surface area contributed by atoms with E-state index in [9.17, 15) is 4.79 Å². The van der Waals surface area contributed by atoms with Crippen molar-refractivity contribution in [2.75, 3.05) is 33.9 Å². The fourth-order valence-electron chi connectivity index (χ4n) is 1.99. The molecule has 1 aromatic rings. The monoisotopic (exact) mass is 265 g/mol. The van der Waals surface area contributed by atoms with Crippen molar-refractivity contribution in [3.05, 3.63) is 35.9 Å². The van der Waals surface area contributed by atoms with Crippen molar-refractivity contribution < 1.29 is 14.3 Å². The zero-order chi connectivity index (χ0) is 14.1. The number of nitrogens with zero attached hydrogens (tertiary/aromatic N) is 1. The lowest BCUT2D eigenvalue weighted by Crippen LogP contribution is -2.32. The molecule has 1 unspecified atom stereocenters. The number of carbonyl (C=O) groups is 1. The van der Waals surface area contributed by atoms with Crippen LogP contribution in [0.5, 0.6) is 0 Å². The normalized spacial score (nSPS) is 12.4. The minimum absolute atomic E-state index is 0.178. The predicted octanol–water partition coefficient (Wildman–Crippen LogP) is 2.26. The third-order valence-electron chi connectivity index (χ3n) is 3.24. The Morgan fingerprint density at radius 3 is 2.47 bits per heavy atom. The fraction of sp³-hybridized carbons (Fsp3) is 0.533. The maximum atomic E-state index is 11.3. The van der Waals surface area contributed by atoms with E-state index >= 15 is 0 Å². The highest BCUT2D eigenvalue weighted by Crippen LogP contribution is 2.19. The Hall–Kier alpha value is -1.39. The minimum Gasteiger partial charge on any atom is -0.469 e. The van der Waals surface area contributed by atoms with E-state index in [0.29, 0.717) is 19.6 Å².